The van der Waals surface area contributed by atoms with Crippen LogP contribution in [0.3, 0.4) is 0 Å². The maximum absolute atomic E-state index is 13.3. The van der Waals surface area contributed by atoms with Crippen LogP contribution < -0.4 is 11.1 Å². The second kappa shape index (κ2) is 5.80. The third-order valence-corrected chi connectivity index (χ3v) is 2.23. The Morgan fingerprint density at radius 3 is 2.67 bits per heavy atom. The molecular formula is C12H11FN2O3. The summed E-state index contributed by atoms with van der Waals surface area (Å²) in [5.41, 5.74) is 5.19. The Balaban J connectivity index is 2.89. The first-order valence-electron chi connectivity index (χ1n) is 4.99. The highest BCUT2D eigenvalue weighted by molar-refractivity contribution is 5.96. The SMILES string of the molecule is C#Cc1ccc(C(=O)NC(CN)C(=O)O)cc1F. The summed E-state index contributed by atoms with van der Waals surface area (Å²) in [5.74, 6) is -0.591. The Hall–Kier alpha value is -2.39. The van der Waals surface area contributed by atoms with Crippen LogP contribution in [0.4, 0.5) is 4.39 Å². The van der Waals surface area contributed by atoms with E-state index in [1.807, 2.05) is 0 Å². The van der Waals surface area contributed by atoms with Crippen LogP contribution in [0.15, 0.2) is 18.2 Å². The predicted octanol–water partition coefficient (Wildman–Crippen LogP) is -0.0513. The molecule has 0 aliphatic rings. The highest BCUT2D eigenvalue weighted by atomic mass is 19.1. The second-order valence-electron chi connectivity index (χ2n) is 3.44. The third kappa shape index (κ3) is 3.06. The van der Waals surface area contributed by atoms with Gasteiger partial charge in [0, 0.05) is 12.1 Å². The van der Waals surface area contributed by atoms with Crippen molar-refractivity contribution in [2.45, 2.75) is 6.04 Å². The molecule has 1 atom stereocenters. The van der Waals surface area contributed by atoms with Gasteiger partial charge in [-0.1, -0.05) is 5.92 Å². The van der Waals surface area contributed by atoms with Crippen LogP contribution in [-0.2, 0) is 4.79 Å². The molecule has 4 N–H and O–H groups in total. The molecule has 0 aliphatic heterocycles. The zero-order valence-electron chi connectivity index (χ0n) is 9.31. The number of carboxylic acid groups (broad SMARTS) is 1. The molecule has 0 saturated heterocycles. The topological polar surface area (TPSA) is 92.4 Å². The molecule has 1 rings (SSSR count). The Kier molecular flexibility index (Phi) is 4.40. The monoisotopic (exact) mass is 250 g/mol. The molecular weight excluding hydrogens is 239 g/mol. The normalized spacial score (nSPS) is 11.4. The van der Waals surface area contributed by atoms with E-state index in [0.717, 1.165) is 6.07 Å². The quantitative estimate of drug-likeness (QED) is 0.653. The van der Waals surface area contributed by atoms with Crippen molar-refractivity contribution in [1.82, 2.24) is 5.32 Å². The van der Waals surface area contributed by atoms with Gasteiger partial charge in [0.2, 0.25) is 0 Å². The molecule has 5 nitrogen and oxygen atoms in total. The van der Waals surface area contributed by atoms with E-state index in [1.165, 1.54) is 12.1 Å². The fourth-order valence-electron chi connectivity index (χ4n) is 1.24. The van der Waals surface area contributed by atoms with Gasteiger partial charge in [0.15, 0.2) is 0 Å². The van der Waals surface area contributed by atoms with Crippen molar-refractivity contribution in [3.63, 3.8) is 0 Å². The lowest BCUT2D eigenvalue weighted by Gasteiger charge is -2.12. The van der Waals surface area contributed by atoms with E-state index in [-0.39, 0.29) is 17.7 Å². The van der Waals surface area contributed by atoms with Gasteiger partial charge < -0.3 is 16.2 Å². The largest absolute Gasteiger partial charge is 0.480 e. The Morgan fingerprint density at radius 1 is 1.56 bits per heavy atom. The van der Waals surface area contributed by atoms with Gasteiger partial charge in [-0.3, -0.25) is 4.79 Å². The molecule has 0 aliphatic carbocycles. The minimum Gasteiger partial charge on any atom is -0.480 e. The van der Waals surface area contributed by atoms with Gasteiger partial charge in [0.1, 0.15) is 11.9 Å². The number of carbonyl (C=O) groups is 2. The van der Waals surface area contributed by atoms with E-state index in [9.17, 15) is 14.0 Å². The molecule has 0 radical (unpaired) electrons. The highest BCUT2D eigenvalue weighted by Crippen LogP contribution is 2.09. The molecule has 0 saturated carbocycles. The number of benzene rings is 1. The van der Waals surface area contributed by atoms with Crippen LogP contribution >= 0.6 is 0 Å². The number of nitrogens with two attached hydrogens (primary N) is 1. The van der Waals surface area contributed by atoms with Gasteiger partial charge in [-0.2, -0.15) is 0 Å². The fraction of sp³-hybridized carbons (Fsp3) is 0.167. The lowest BCUT2D eigenvalue weighted by Crippen LogP contribution is -2.45. The molecule has 1 aromatic rings. The minimum atomic E-state index is -1.26. The van der Waals surface area contributed by atoms with Gasteiger partial charge in [0.05, 0.1) is 5.56 Å². The van der Waals surface area contributed by atoms with E-state index < -0.39 is 23.7 Å². The molecule has 18 heavy (non-hydrogen) atoms. The van der Waals surface area contributed by atoms with Crippen LogP contribution in [-0.4, -0.2) is 29.6 Å². The number of amides is 1. The summed E-state index contributed by atoms with van der Waals surface area (Å²) in [7, 11) is 0. The lowest BCUT2D eigenvalue weighted by atomic mass is 10.1. The van der Waals surface area contributed by atoms with Crippen molar-refractivity contribution in [3.05, 3.63) is 35.1 Å². The van der Waals surface area contributed by atoms with E-state index in [4.69, 9.17) is 17.3 Å². The number of rotatable bonds is 4. The maximum Gasteiger partial charge on any atom is 0.327 e. The molecule has 0 spiro atoms. The van der Waals surface area contributed by atoms with Crippen LogP contribution in [0.25, 0.3) is 0 Å². The average molecular weight is 250 g/mol. The molecule has 0 aromatic heterocycles. The summed E-state index contributed by atoms with van der Waals surface area (Å²) in [4.78, 5) is 22.3. The van der Waals surface area contributed by atoms with Crippen LogP contribution in [0.2, 0.25) is 0 Å². The van der Waals surface area contributed by atoms with Gasteiger partial charge in [0.25, 0.3) is 5.91 Å². The predicted molar refractivity (Wildman–Crippen MR) is 62.3 cm³/mol. The van der Waals surface area contributed by atoms with Gasteiger partial charge in [-0.15, -0.1) is 6.42 Å². The number of halogens is 1. The van der Waals surface area contributed by atoms with E-state index in [1.54, 1.807) is 0 Å². The van der Waals surface area contributed by atoms with Crippen LogP contribution in [0.1, 0.15) is 15.9 Å². The molecule has 0 heterocycles. The van der Waals surface area contributed by atoms with Gasteiger partial charge in [-0.25, -0.2) is 9.18 Å². The van der Waals surface area contributed by atoms with Crippen LogP contribution in [0.5, 0.6) is 0 Å². The molecule has 0 bridgehead atoms. The molecule has 6 heteroatoms. The first-order chi connectivity index (χ1) is 8.49. The average Bonchev–Trinajstić information content (AvgIpc) is 2.35. The number of nitrogens with one attached hydrogen (secondary N) is 1. The van der Waals surface area contributed by atoms with Crippen molar-refractivity contribution >= 4 is 11.9 Å². The molecule has 1 aromatic carbocycles. The number of aliphatic carboxylic acids is 1. The van der Waals surface area contributed by atoms with Gasteiger partial charge in [-0.05, 0) is 18.2 Å². The van der Waals surface area contributed by atoms with Crippen molar-refractivity contribution in [2.24, 2.45) is 5.73 Å². The number of hydrogen-bond acceptors (Lipinski definition) is 3. The Bertz CT molecular complexity index is 523. The fourth-order valence-corrected chi connectivity index (χ4v) is 1.24. The summed E-state index contributed by atoms with van der Waals surface area (Å²) in [6.45, 7) is -0.258. The number of terminal acetylenes is 1. The summed E-state index contributed by atoms with van der Waals surface area (Å²) in [6.07, 6.45) is 5.03. The Morgan fingerprint density at radius 2 is 2.22 bits per heavy atom. The summed E-state index contributed by atoms with van der Waals surface area (Å²) >= 11 is 0. The zero-order chi connectivity index (χ0) is 13.7. The second-order valence-corrected chi connectivity index (χ2v) is 3.44. The molecule has 94 valence electrons. The molecule has 0 fully saturated rings. The highest BCUT2D eigenvalue weighted by Gasteiger charge is 2.19. The van der Waals surface area contributed by atoms with Crippen molar-refractivity contribution in [1.29, 1.82) is 0 Å². The summed E-state index contributed by atoms with van der Waals surface area (Å²) < 4.78 is 13.3. The van der Waals surface area contributed by atoms with E-state index in [0.29, 0.717) is 0 Å². The van der Waals surface area contributed by atoms with Crippen LogP contribution in [0, 0.1) is 18.2 Å². The molecule has 1 amide bonds. The summed E-state index contributed by atoms with van der Waals surface area (Å²) in [6, 6.07) is 2.30. The molecule has 1 unspecified atom stereocenters. The van der Waals surface area contributed by atoms with Crippen molar-refractivity contribution < 1.29 is 19.1 Å². The number of carbonyl (C=O) groups excluding carboxylic acids is 1. The lowest BCUT2D eigenvalue weighted by molar-refractivity contribution is -0.138. The number of hydrogen-bond donors (Lipinski definition) is 3. The van der Waals surface area contributed by atoms with Crippen molar-refractivity contribution in [2.75, 3.05) is 6.54 Å². The smallest absolute Gasteiger partial charge is 0.327 e. The standard InChI is InChI=1S/C12H11FN2O3/c1-2-7-3-4-8(5-9(7)13)11(16)15-10(6-14)12(17)18/h1,3-5,10H,6,14H2,(H,15,16)(H,17,18). The first kappa shape index (κ1) is 13.7. The third-order valence-electron chi connectivity index (χ3n) is 2.23. The Labute approximate surface area is 103 Å². The van der Waals surface area contributed by atoms with Gasteiger partial charge >= 0.3 is 5.97 Å². The van der Waals surface area contributed by atoms with E-state index >= 15 is 0 Å². The number of carboxylic acids is 1. The summed E-state index contributed by atoms with van der Waals surface area (Å²) in [5, 5.41) is 10.9. The van der Waals surface area contributed by atoms with E-state index in [2.05, 4.69) is 11.2 Å². The minimum absolute atomic E-state index is 0.0220. The maximum atomic E-state index is 13.3. The first-order valence-corrected chi connectivity index (χ1v) is 4.99. The van der Waals surface area contributed by atoms with Crippen molar-refractivity contribution in [3.8, 4) is 12.3 Å². The zero-order valence-corrected chi connectivity index (χ0v) is 9.31.